The average molecular weight is 555 g/mol. The summed E-state index contributed by atoms with van der Waals surface area (Å²) in [4.78, 5) is 0. The lowest BCUT2D eigenvalue weighted by molar-refractivity contribution is -0.693. The lowest BCUT2D eigenvalue weighted by atomic mass is 10.1. The summed E-state index contributed by atoms with van der Waals surface area (Å²) in [5, 5.41) is 6.98. The molecular formula is C27H30BrN3O3P+. The van der Waals surface area contributed by atoms with Crippen LogP contribution in [0.5, 0.6) is 0 Å². The number of nitrogens with two attached hydrogens (primary N) is 1. The number of halogens is 1. The van der Waals surface area contributed by atoms with Gasteiger partial charge < -0.3 is 14.4 Å². The van der Waals surface area contributed by atoms with E-state index in [0.717, 1.165) is 32.5 Å². The van der Waals surface area contributed by atoms with Gasteiger partial charge in [-0.2, -0.15) is 5.10 Å². The second kappa shape index (κ2) is 11.9. The molecule has 1 aromatic heterocycles. The Kier molecular flexibility index (Phi) is 8.71. The average Bonchev–Trinajstić information content (AvgIpc) is 3.31. The van der Waals surface area contributed by atoms with Crippen molar-refractivity contribution in [3.05, 3.63) is 107 Å². The maximum atomic E-state index is 14.2. The van der Waals surface area contributed by atoms with Gasteiger partial charge in [0.1, 0.15) is 12.2 Å². The molecule has 35 heavy (non-hydrogen) atoms. The van der Waals surface area contributed by atoms with Gasteiger partial charge in [-0.25, -0.2) is 4.68 Å². The number of para-hydroxylation sites is 1. The Morgan fingerprint density at radius 2 is 1.51 bits per heavy atom. The Morgan fingerprint density at radius 1 is 0.914 bits per heavy atom. The molecule has 0 saturated heterocycles. The lowest BCUT2D eigenvalue weighted by Crippen LogP contribution is -2.83. The summed E-state index contributed by atoms with van der Waals surface area (Å²) in [7, 11) is -3.54. The molecule has 0 bridgehead atoms. The fraction of sp³-hybridized carbons (Fsp3) is 0.222. The molecule has 4 aromatic rings. The van der Waals surface area contributed by atoms with Crippen LogP contribution in [0.3, 0.4) is 0 Å². The van der Waals surface area contributed by atoms with E-state index >= 15 is 0 Å². The molecule has 6 nitrogen and oxygen atoms in total. The van der Waals surface area contributed by atoms with E-state index in [2.05, 4.69) is 28.1 Å². The van der Waals surface area contributed by atoms with Gasteiger partial charge in [-0.05, 0) is 38.1 Å². The molecule has 0 aliphatic carbocycles. The minimum Gasteiger partial charge on any atom is -0.326 e. The number of quaternary nitrogens is 1. The number of aromatic nitrogens is 2. The van der Waals surface area contributed by atoms with Crippen molar-refractivity contribution in [2.24, 2.45) is 0 Å². The molecule has 3 aromatic carbocycles. The van der Waals surface area contributed by atoms with Crippen LogP contribution < -0.4 is 5.32 Å². The SMILES string of the molecule is CCOP(=O)(OCC)[C@@H]([NH2+]Cc1ccccc1)c1cn(-c2ccccc2)nc1-c1ccc(Br)cc1. The molecule has 8 heteroatoms. The highest BCUT2D eigenvalue weighted by Crippen LogP contribution is 2.58. The summed E-state index contributed by atoms with van der Waals surface area (Å²) in [5.41, 5.74) is 4.52. The summed E-state index contributed by atoms with van der Waals surface area (Å²) in [6, 6.07) is 28.0. The first-order chi connectivity index (χ1) is 17.0. The molecule has 1 heterocycles. The van der Waals surface area contributed by atoms with E-state index in [1.807, 2.05) is 103 Å². The van der Waals surface area contributed by atoms with Crippen LogP contribution in [-0.4, -0.2) is 23.0 Å². The molecule has 0 saturated carbocycles. The third-order valence-corrected chi connectivity index (χ3v) is 8.51. The van der Waals surface area contributed by atoms with Crippen molar-refractivity contribution in [3.63, 3.8) is 0 Å². The third kappa shape index (κ3) is 6.18. The number of benzene rings is 3. The molecule has 2 N–H and O–H groups in total. The van der Waals surface area contributed by atoms with Crippen LogP contribution in [0.25, 0.3) is 16.9 Å². The Morgan fingerprint density at radius 3 is 2.11 bits per heavy atom. The molecule has 0 radical (unpaired) electrons. The Hall–Kier alpha value is -2.54. The van der Waals surface area contributed by atoms with Crippen LogP contribution >= 0.6 is 23.5 Å². The van der Waals surface area contributed by atoms with Gasteiger partial charge in [-0.3, -0.25) is 4.57 Å². The molecule has 182 valence electrons. The van der Waals surface area contributed by atoms with Gasteiger partial charge >= 0.3 is 7.60 Å². The van der Waals surface area contributed by atoms with Crippen LogP contribution in [-0.2, 0) is 20.2 Å². The van der Waals surface area contributed by atoms with E-state index in [0.29, 0.717) is 6.54 Å². The lowest BCUT2D eigenvalue weighted by Gasteiger charge is -2.24. The van der Waals surface area contributed by atoms with Crippen molar-refractivity contribution in [2.45, 2.75) is 26.2 Å². The zero-order valence-electron chi connectivity index (χ0n) is 19.9. The summed E-state index contributed by atoms with van der Waals surface area (Å²) in [5.74, 6) is -0.598. The first-order valence-electron chi connectivity index (χ1n) is 11.7. The van der Waals surface area contributed by atoms with Gasteiger partial charge in [0.25, 0.3) is 0 Å². The summed E-state index contributed by atoms with van der Waals surface area (Å²) >= 11 is 3.51. The topological polar surface area (TPSA) is 70.0 Å². The van der Waals surface area contributed by atoms with Gasteiger partial charge in [-0.15, -0.1) is 0 Å². The van der Waals surface area contributed by atoms with Gasteiger partial charge in [0.15, 0.2) is 0 Å². The van der Waals surface area contributed by atoms with Gasteiger partial charge in [0.2, 0.25) is 5.78 Å². The van der Waals surface area contributed by atoms with E-state index < -0.39 is 13.4 Å². The first-order valence-corrected chi connectivity index (χ1v) is 14.1. The Labute approximate surface area is 215 Å². The van der Waals surface area contributed by atoms with E-state index in [9.17, 15) is 4.57 Å². The summed E-state index contributed by atoms with van der Waals surface area (Å²) < 4.78 is 28.7. The van der Waals surface area contributed by atoms with Crippen LogP contribution in [0.4, 0.5) is 0 Å². The molecule has 0 aliphatic rings. The van der Waals surface area contributed by atoms with Gasteiger partial charge in [0.05, 0.1) is 24.5 Å². The van der Waals surface area contributed by atoms with Crippen molar-refractivity contribution in [1.82, 2.24) is 9.78 Å². The van der Waals surface area contributed by atoms with Crippen molar-refractivity contribution in [2.75, 3.05) is 13.2 Å². The highest BCUT2D eigenvalue weighted by atomic mass is 79.9. The standard InChI is InChI=1S/C27H29BrN3O3P/c1-3-33-35(32,34-4-2)27(29-19-21-11-7-5-8-12-21)25-20-31(24-13-9-6-10-14-24)30-26(25)22-15-17-23(28)18-16-22/h5-18,20,27,29H,3-4,19H2,1-2H3/p+1/t27-/m1/s1. The Balaban J connectivity index is 1.85. The smallest absolute Gasteiger partial charge is 0.326 e. The highest BCUT2D eigenvalue weighted by molar-refractivity contribution is 9.10. The molecule has 4 rings (SSSR count). The van der Waals surface area contributed by atoms with E-state index in [4.69, 9.17) is 14.1 Å². The van der Waals surface area contributed by atoms with Crippen molar-refractivity contribution in [1.29, 1.82) is 0 Å². The zero-order chi connectivity index (χ0) is 24.7. The molecule has 0 unspecified atom stereocenters. The predicted octanol–water partition coefficient (Wildman–Crippen LogP) is 6.33. The molecule has 0 spiro atoms. The minimum absolute atomic E-state index is 0.285. The molecule has 0 aliphatic heterocycles. The maximum Gasteiger partial charge on any atom is 0.392 e. The number of rotatable bonds is 11. The fourth-order valence-electron chi connectivity index (χ4n) is 3.99. The second-order valence-corrected chi connectivity index (χ2v) is 11.0. The quantitative estimate of drug-likeness (QED) is 0.220. The van der Waals surface area contributed by atoms with Crippen molar-refractivity contribution < 1.29 is 18.9 Å². The minimum atomic E-state index is -3.54. The normalized spacial score (nSPS) is 12.5. The van der Waals surface area contributed by atoms with Crippen LogP contribution in [0.1, 0.15) is 30.8 Å². The monoisotopic (exact) mass is 554 g/mol. The van der Waals surface area contributed by atoms with E-state index in [-0.39, 0.29) is 13.2 Å². The van der Waals surface area contributed by atoms with Gasteiger partial charge in [-0.1, -0.05) is 76.6 Å². The van der Waals surface area contributed by atoms with Crippen LogP contribution in [0.2, 0.25) is 0 Å². The predicted molar refractivity (Wildman–Crippen MR) is 142 cm³/mol. The highest BCUT2D eigenvalue weighted by Gasteiger charge is 2.43. The van der Waals surface area contributed by atoms with E-state index in [1.165, 1.54) is 0 Å². The van der Waals surface area contributed by atoms with Crippen molar-refractivity contribution >= 4 is 23.5 Å². The number of hydrogen-bond donors (Lipinski definition) is 1. The zero-order valence-corrected chi connectivity index (χ0v) is 22.4. The largest absolute Gasteiger partial charge is 0.392 e. The summed E-state index contributed by atoms with van der Waals surface area (Å²) in [6.45, 7) is 4.86. The third-order valence-electron chi connectivity index (χ3n) is 5.58. The van der Waals surface area contributed by atoms with Crippen LogP contribution in [0.15, 0.2) is 95.6 Å². The summed E-state index contributed by atoms with van der Waals surface area (Å²) in [6.07, 6.45) is 1.95. The fourth-order valence-corrected chi connectivity index (χ4v) is 6.27. The first kappa shape index (κ1) is 25.5. The molecule has 0 amide bonds. The molecule has 1 atom stereocenters. The van der Waals surface area contributed by atoms with E-state index in [1.54, 1.807) is 0 Å². The number of hydrogen-bond acceptors (Lipinski definition) is 4. The van der Waals surface area contributed by atoms with Crippen molar-refractivity contribution in [3.8, 4) is 16.9 Å². The molecule has 0 fully saturated rings. The van der Waals surface area contributed by atoms with Crippen LogP contribution in [0, 0.1) is 0 Å². The maximum absolute atomic E-state index is 14.2. The second-order valence-electron chi connectivity index (χ2n) is 7.97. The molecular weight excluding hydrogens is 525 g/mol. The van der Waals surface area contributed by atoms with Gasteiger partial charge in [0, 0.05) is 21.8 Å². The number of nitrogens with zero attached hydrogens (tertiary/aromatic N) is 2. The Bertz CT molecular complexity index is 1250.